The van der Waals surface area contributed by atoms with E-state index in [0.717, 1.165) is 30.0 Å². The molecular weight excluding hydrogens is 415 g/mol. The van der Waals surface area contributed by atoms with Gasteiger partial charge in [-0.3, -0.25) is 0 Å². The SMILES string of the molecule is Cc1cc(S(=O)(=O)NCCSc2cccc(C(F)(F)F)c2)cc(C(=O)O)c1C.[HH]. The number of carbonyl (C=O) groups is 1. The van der Waals surface area contributed by atoms with Crippen molar-refractivity contribution < 1.29 is 32.9 Å². The fourth-order valence-corrected chi connectivity index (χ4v) is 4.49. The number of aryl methyl sites for hydroxylation is 1. The van der Waals surface area contributed by atoms with Crippen LogP contribution in [0.15, 0.2) is 46.2 Å². The van der Waals surface area contributed by atoms with E-state index in [0.29, 0.717) is 16.0 Å². The van der Waals surface area contributed by atoms with Crippen LogP contribution in [0.4, 0.5) is 13.2 Å². The fraction of sp³-hybridized carbons (Fsp3) is 0.278. The summed E-state index contributed by atoms with van der Waals surface area (Å²) in [5, 5.41) is 9.20. The molecule has 0 aliphatic carbocycles. The van der Waals surface area contributed by atoms with Crippen molar-refractivity contribution in [3.8, 4) is 0 Å². The minimum Gasteiger partial charge on any atom is -0.478 e. The van der Waals surface area contributed by atoms with Crippen molar-refractivity contribution in [2.24, 2.45) is 0 Å². The largest absolute Gasteiger partial charge is 0.478 e. The number of sulfonamides is 1. The highest BCUT2D eigenvalue weighted by Gasteiger charge is 2.30. The lowest BCUT2D eigenvalue weighted by Gasteiger charge is -2.11. The normalized spacial score (nSPS) is 12.2. The number of benzene rings is 2. The number of aromatic carboxylic acids is 1. The quantitative estimate of drug-likeness (QED) is 0.499. The van der Waals surface area contributed by atoms with E-state index in [4.69, 9.17) is 0 Å². The van der Waals surface area contributed by atoms with Gasteiger partial charge in [-0.1, -0.05) is 6.07 Å². The van der Waals surface area contributed by atoms with Crippen LogP contribution < -0.4 is 4.72 Å². The average Bonchev–Trinajstić information content (AvgIpc) is 2.60. The molecule has 0 fully saturated rings. The molecule has 0 spiro atoms. The first-order valence-corrected chi connectivity index (χ1v) is 10.5. The van der Waals surface area contributed by atoms with Crippen LogP contribution in [0, 0.1) is 13.8 Å². The van der Waals surface area contributed by atoms with Gasteiger partial charge in [-0.2, -0.15) is 13.2 Å². The van der Waals surface area contributed by atoms with Crippen molar-refractivity contribution in [3.63, 3.8) is 0 Å². The Morgan fingerprint density at radius 3 is 2.50 bits per heavy atom. The number of carboxylic acid groups (broad SMARTS) is 1. The molecule has 0 saturated heterocycles. The van der Waals surface area contributed by atoms with Crippen LogP contribution >= 0.6 is 11.8 Å². The first kappa shape index (κ1) is 22.3. The first-order valence-electron chi connectivity index (χ1n) is 8.06. The molecule has 0 saturated carbocycles. The Morgan fingerprint density at radius 1 is 1.21 bits per heavy atom. The molecule has 0 aliphatic rings. The number of alkyl halides is 3. The molecule has 0 unspecified atom stereocenters. The second kappa shape index (κ2) is 8.54. The van der Waals surface area contributed by atoms with Crippen LogP contribution in [0.5, 0.6) is 0 Å². The van der Waals surface area contributed by atoms with E-state index in [9.17, 15) is 31.5 Å². The predicted octanol–water partition coefficient (Wildman–Crippen LogP) is 4.34. The van der Waals surface area contributed by atoms with Gasteiger partial charge in [-0.25, -0.2) is 17.9 Å². The van der Waals surface area contributed by atoms with Gasteiger partial charge >= 0.3 is 12.1 Å². The fourth-order valence-electron chi connectivity index (χ4n) is 2.39. The van der Waals surface area contributed by atoms with E-state index in [1.165, 1.54) is 18.2 Å². The number of nitrogens with one attached hydrogen (secondary N) is 1. The molecule has 0 radical (unpaired) electrons. The average molecular weight is 435 g/mol. The number of hydrogen-bond acceptors (Lipinski definition) is 4. The van der Waals surface area contributed by atoms with Gasteiger partial charge in [0.15, 0.2) is 0 Å². The summed E-state index contributed by atoms with van der Waals surface area (Å²) in [7, 11) is -3.95. The zero-order valence-electron chi connectivity index (χ0n) is 15.0. The van der Waals surface area contributed by atoms with Gasteiger partial charge in [0.1, 0.15) is 0 Å². The minimum absolute atomic E-state index is 0. The lowest BCUT2D eigenvalue weighted by atomic mass is 10.0. The zero-order chi connectivity index (χ0) is 21.1. The third-order valence-corrected chi connectivity index (χ3v) is 6.44. The van der Waals surface area contributed by atoms with Crippen LogP contribution in [0.3, 0.4) is 0 Å². The smallest absolute Gasteiger partial charge is 0.416 e. The van der Waals surface area contributed by atoms with Gasteiger partial charge in [-0.15, -0.1) is 11.8 Å². The lowest BCUT2D eigenvalue weighted by Crippen LogP contribution is -2.26. The molecule has 2 N–H and O–H groups in total. The number of thioether (sulfide) groups is 1. The van der Waals surface area contributed by atoms with Crippen molar-refractivity contribution in [2.45, 2.75) is 29.8 Å². The Labute approximate surface area is 166 Å². The van der Waals surface area contributed by atoms with E-state index in [1.54, 1.807) is 13.8 Å². The van der Waals surface area contributed by atoms with Crippen LogP contribution in [-0.4, -0.2) is 31.8 Å². The van der Waals surface area contributed by atoms with Crippen molar-refractivity contribution >= 4 is 27.8 Å². The summed E-state index contributed by atoms with van der Waals surface area (Å²) in [5.74, 6) is -1.02. The van der Waals surface area contributed by atoms with Gasteiger partial charge in [0.05, 0.1) is 16.0 Å². The van der Waals surface area contributed by atoms with Crippen LogP contribution in [0.25, 0.3) is 0 Å². The highest BCUT2D eigenvalue weighted by atomic mass is 32.2. The summed E-state index contributed by atoms with van der Waals surface area (Å²) in [5.41, 5.74) is 0.137. The number of hydrogen-bond donors (Lipinski definition) is 2. The highest BCUT2D eigenvalue weighted by molar-refractivity contribution is 7.99. The summed E-state index contributed by atoms with van der Waals surface area (Å²) < 4.78 is 65.3. The van der Waals surface area contributed by atoms with Gasteiger partial charge in [0, 0.05) is 18.6 Å². The molecule has 28 heavy (non-hydrogen) atoms. The summed E-state index contributed by atoms with van der Waals surface area (Å²) in [6.45, 7) is 3.18. The monoisotopic (exact) mass is 435 g/mol. The van der Waals surface area contributed by atoms with Crippen LogP contribution in [0.1, 0.15) is 28.5 Å². The van der Waals surface area contributed by atoms with Crippen molar-refractivity contribution in [1.82, 2.24) is 4.72 Å². The molecule has 2 aromatic rings. The summed E-state index contributed by atoms with van der Waals surface area (Å²) in [6.07, 6.45) is -4.44. The number of rotatable bonds is 7. The molecule has 2 rings (SSSR count). The highest BCUT2D eigenvalue weighted by Crippen LogP contribution is 2.31. The summed E-state index contributed by atoms with van der Waals surface area (Å²) in [4.78, 5) is 11.5. The number of carboxylic acids is 1. The van der Waals surface area contributed by atoms with Gasteiger partial charge < -0.3 is 5.11 Å². The lowest BCUT2D eigenvalue weighted by molar-refractivity contribution is -0.137. The Hall–Kier alpha value is -2.04. The first-order chi connectivity index (χ1) is 12.9. The topological polar surface area (TPSA) is 83.5 Å². The molecule has 0 heterocycles. The Bertz CT molecular complexity index is 995. The van der Waals surface area contributed by atoms with E-state index in [2.05, 4.69) is 4.72 Å². The standard InChI is InChI=1S/C18H18F3NO4S2.H2/c1-11-8-15(10-16(12(11)2)17(23)24)28(25,26)22-6-7-27-14-5-3-4-13(9-14)18(19,20)21;/h3-5,8-10,22H,6-7H2,1-2H3,(H,23,24);1H. The van der Waals surface area contributed by atoms with Crippen LogP contribution in [0.2, 0.25) is 0 Å². The molecule has 5 nitrogen and oxygen atoms in total. The van der Waals surface area contributed by atoms with E-state index < -0.39 is 27.7 Å². The third kappa shape index (κ3) is 5.49. The third-order valence-electron chi connectivity index (χ3n) is 4.01. The number of halogens is 3. The second-order valence-corrected chi connectivity index (χ2v) is 8.92. The predicted molar refractivity (Wildman–Crippen MR) is 102 cm³/mol. The molecule has 0 aromatic heterocycles. The van der Waals surface area contributed by atoms with E-state index in [1.807, 2.05) is 0 Å². The minimum atomic E-state index is -4.44. The molecule has 0 amide bonds. The maximum Gasteiger partial charge on any atom is 0.416 e. The van der Waals surface area contributed by atoms with E-state index in [-0.39, 0.29) is 24.2 Å². The van der Waals surface area contributed by atoms with E-state index >= 15 is 0 Å². The Kier molecular flexibility index (Phi) is 6.79. The molecule has 2 aromatic carbocycles. The summed E-state index contributed by atoms with van der Waals surface area (Å²) in [6, 6.07) is 7.24. The molecule has 0 atom stereocenters. The molecular formula is C18H20F3NO4S2. The second-order valence-electron chi connectivity index (χ2n) is 5.99. The van der Waals surface area contributed by atoms with Gasteiger partial charge in [-0.05, 0) is 55.3 Å². The molecule has 0 bridgehead atoms. The Balaban J connectivity index is 0.00000420. The van der Waals surface area contributed by atoms with Crippen molar-refractivity contribution in [2.75, 3.05) is 12.3 Å². The molecule has 0 aliphatic heterocycles. The summed E-state index contributed by atoms with van der Waals surface area (Å²) >= 11 is 1.08. The Morgan fingerprint density at radius 2 is 1.89 bits per heavy atom. The van der Waals surface area contributed by atoms with Gasteiger partial charge in [0.25, 0.3) is 0 Å². The maximum atomic E-state index is 12.7. The molecule has 10 heteroatoms. The van der Waals surface area contributed by atoms with Gasteiger partial charge in [0.2, 0.25) is 10.0 Å². The molecule has 154 valence electrons. The van der Waals surface area contributed by atoms with Crippen molar-refractivity contribution in [3.05, 3.63) is 58.7 Å². The van der Waals surface area contributed by atoms with Crippen molar-refractivity contribution in [1.29, 1.82) is 0 Å². The zero-order valence-corrected chi connectivity index (χ0v) is 16.6. The van der Waals surface area contributed by atoms with Crippen LogP contribution in [-0.2, 0) is 16.2 Å². The maximum absolute atomic E-state index is 12.7.